The van der Waals surface area contributed by atoms with E-state index >= 15 is 0 Å². The van der Waals surface area contributed by atoms with Crippen molar-refractivity contribution in [1.82, 2.24) is 10.3 Å². The molecule has 21 heavy (non-hydrogen) atoms. The van der Waals surface area contributed by atoms with Crippen LogP contribution in [0.5, 0.6) is 0 Å². The van der Waals surface area contributed by atoms with Gasteiger partial charge in [0.2, 0.25) is 0 Å². The highest BCUT2D eigenvalue weighted by atomic mass is 32.2. The van der Waals surface area contributed by atoms with E-state index in [1.54, 1.807) is 11.3 Å². The molecular weight excluding hydrogens is 304 g/mol. The smallest absolute Gasteiger partial charge is 0.151 e. The zero-order chi connectivity index (χ0) is 15.5. The molecule has 1 saturated carbocycles. The molecule has 1 aromatic rings. The van der Waals surface area contributed by atoms with Gasteiger partial charge in [0.05, 0.1) is 16.0 Å². The standard InChI is InChI=1S/C15H26N2O2S2/c1-4-12-11(2)20-15(17-12)9-10-16-13-7-5-6-8-14(13)21(3,18)19/h13-14,16H,4-10H2,1-3H3/t13-,14+/m1/s1. The molecule has 1 aliphatic carbocycles. The number of nitrogens with zero attached hydrogens (tertiary/aromatic N) is 1. The van der Waals surface area contributed by atoms with E-state index in [0.717, 1.165) is 50.1 Å². The van der Waals surface area contributed by atoms with Crippen LogP contribution < -0.4 is 5.32 Å². The number of aryl methyl sites for hydroxylation is 2. The Hall–Kier alpha value is -0.460. The van der Waals surface area contributed by atoms with E-state index in [2.05, 4.69) is 24.1 Å². The fraction of sp³-hybridized carbons (Fsp3) is 0.800. The predicted octanol–water partition coefficient (Wildman–Crippen LogP) is 2.50. The summed E-state index contributed by atoms with van der Waals surface area (Å²) in [5.41, 5.74) is 1.20. The van der Waals surface area contributed by atoms with Crippen molar-refractivity contribution in [3.05, 3.63) is 15.6 Å². The summed E-state index contributed by atoms with van der Waals surface area (Å²) >= 11 is 1.76. The van der Waals surface area contributed by atoms with Gasteiger partial charge in [0.15, 0.2) is 9.84 Å². The minimum Gasteiger partial charge on any atom is -0.312 e. The summed E-state index contributed by atoms with van der Waals surface area (Å²) in [6.45, 7) is 5.06. The van der Waals surface area contributed by atoms with E-state index in [1.807, 2.05) is 0 Å². The van der Waals surface area contributed by atoms with Crippen molar-refractivity contribution >= 4 is 21.2 Å². The van der Waals surface area contributed by atoms with E-state index < -0.39 is 9.84 Å². The lowest BCUT2D eigenvalue weighted by atomic mass is 9.95. The van der Waals surface area contributed by atoms with Crippen LogP contribution >= 0.6 is 11.3 Å². The lowest BCUT2D eigenvalue weighted by Crippen LogP contribution is -2.46. The SMILES string of the molecule is CCc1nc(CCN[C@@H]2CCCC[C@@H]2S(C)(=O)=O)sc1C. The van der Waals surface area contributed by atoms with Crippen LogP contribution in [0.2, 0.25) is 0 Å². The first-order valence-corrected chi connectivity index (χ1v) is 10.6. The van der Waals surface area contributed by atoms with Crippen LogP contribution in [-0.4, -0.2) is 37.5 Å². The molecule has 1 aromatic heterocycles. The maximum atomic E-state index is 11.9. The average molecular weight is 331 g/mol. The molecular formula is C15H26N2O2S2. The molecule has 0 bridgehead atoms. The highest BCUT2D eigenvalue weighted by Crippen LogP contribution is 2.24. The summed E-state index contributed by atoms with van der Waals surface area (Å²) in [6, 6.07) is 0.112. The first-order valence-electron chi connectivity index (χ1n) is 7.79. The van der Waals surface area contributed by atoms with Gasteiger partial charge in [-0.25, -0.2) is 13.4 Å². The summed E-state index contributed by atoms with van der Waals surface area (Å²) in [6.07, 6.45) is 7.16. The van der Waals surface area contributed by atoms with Crippen molar-refractivity contribution in [3.63, 3.8) is 0 Å². The molecule has 0 amide bonds. The molecule has 0 radical (unpaired) electrons. The quantitative estimate of drug-likeness (QED) is 0.870. The molecule has 0 aliphatic heterocycles. The van der Waals surface area contributed by atoms with Crippen molar-refractivity contribution in [2.45, 2.75) is 63.7 Å². The lowest BCUT2D eigenvalue weighted by molar-refractivity contribution is 0.373. The fourth-order valence-electron chi connectivity index (χ4n) is 3.13. The van der Waals surface area contributed by atoms with Crippen LogP contribution in [0.4, 0.5) is 0 Å². The number of hydrogen-bond acceptors (Lipinski definition) is 5. The van der Waals surface area contributed by atoms with Crippen molar-refractivity contribution in [3.8, 4) is 0 Å². The molecule has 0 aromatic carbocycles. The van der Waals surface area contributed by atoms with Gasteiger partial charge in [-0.1, -0.05) is 19.8 Å². The third-order valence-corrected chi connectivity index (χ3v) is 7.01. The van der Waals surface area contributed by atoms with E-state index in [-0.39, 0.29) is 11.3 Å². The van der Waals surface area contributed by atoms with Crippen LogP contribution in [0.3, 0.4) is 0 Å². The number of aromatic nitrogens is 1. The summed E-state index contributed by atoms with van der Waals surface area (Å²) in [7, 11) is -2.95. The molecule has 1 aliphatic rings. The van der Waals surface area contributed by atoms with Gasteiger partial charge in [-0.15, -0.1) is 11.3 Å². The monoisotopic (exact) mass is 330 g/mol. The van der Waals surface area contributed by atoms with Gasteiger partial charge >= 0.3 is 0 Å². The summed E-state index contributed by atoms with van der Waals surface area (Å²) in [5.74, 6) is 0. The zero-order valence-electron chi connectivity index (χ0n) is 13.2. The molecule has 0 spiro atoms. The van der Waals surface area contributed by atoms with Gasteiger partial charge in [0.1, 0.15) is 0 Å². The van der Waals surface area contributed by atoms with Gasteiger partial charge < -0.3 is 5.32 Å². The van der Waals surface area contributed by atoms with Crippen molar-refractivity contribution in [2.24, 2.45) is 0 Å². The molecule has 1 N–H and O–H groups in total. The second kappa shape index (κ2) is 7.20. The maximum absolute atomic E-state index is 11.9. The van der Waals surface area contributed by atoms with Crippen molar-refractivity contribution in [1.29, 1.82) is 0 Å². The molecule has 1 heterocycles. The molecule has 4 nitrogen and oxygen atoms in total. The minimum atomic E-state index is -2.95. The van der Waals surface area contributed by atoms with Crippen LogP contribution in [0, 0.1) is 6.92 Å². The van der Waals surface area contributed by atoms with E-state index in [0.29, 0.717) is 0 Å². The Labute approximate surface area is 132 Å². The number of rotatable bonds is 6. The van der Waals surface area contributed by atoms with Crippen LogP contribution in [-0.2, 0) is 22.7 Å². The van der Waals surface area contributed by atoms with Crippen LogP contribution in [0.1, 0.15) is 48.2 Å². The molecule has 2 rings (SSSR count). The Bertz CT molecular complexity index is 566. The summed E-state index contributed by atoms with van der Waals surface area (Å²) < 4.78 is 23.7. The highest BCUT2D eigenvalue weighted by Gasteiger charge is 2.32. The number of thiazole rings is 1. The maximum Gasteiger partial charge on any atom is 0.151 e. The highest BCUT2D eigenvalue weighted by molar-refractivity contribution is 7.91. The van der Waals surface area contributed by atoms with Gasteiger partial charge in [-0.05, 0) is 26.2 Å². The van der Waals surface area contributed by atoms with Crippen molar-refractivity contribution < 1.29 is 8.42 Å². The largest absolute Gasteiger partial charge is 0.312 e. The Morgan fingerprint density at radius 2 is 2.05 bits per heavy atom. The first kappa shape index (κ1) is 16.9. The van der Waals surface area contributed by atoms with Gasteiger partial charge in [0, 0.05) is 30.1 Å². The first-order chi connectivity index (χ1) is 9.91. The zero-order valence-corrected chi connectivity index (χ0v) is 14.8. The van der Waals surface area contributed by atoms with Crippen molar-refractivity contribution in [2.75, 3.05) is 12.8 Å². The van der Waals surface area contributed by atoms with E-state index in [4.69, 9.17) is 0 Å². The minimum absolute atomic E-state index is 0.112. The van der Waals surface area contributed by atoms with Gasteiger partial charge in [0.25, 0.3) is 0 Å². The summed E-state index contributed by atoms with van der Waals surface area (Å²) in [5, 5.41) is 4.40. The molecule has 1 fully saturated rings. The number of sulfone groups is 1. The molecule has 0 unspecified atom stereocenters. The molecule has 0 saturated heterocycles. The van der Waals surface area contributed by atoms with E-state index in [1.165, 1.54) is 16.8 Å². The second-order valence-corrected chi connectivity index (χ2v) is 9.48. The molecule has 2 atom stereocenters. The van der Waals surface area contributed by atoms with Crippen LogP contribution in [0.15, 0.2) is 0 Å². The predicted molar refractivity (Wildman–Crippen MR) is 88.8 cm³/mol. The third kappa shape index (κ3) is 4.50. The van der Waals surface area contributed by atoms with Crippen LogP contribution in [0.25, 0.3) is 0 Å². The Kier molecular flexibility index (Phi) is 5.80. The third-order valence-electron chi connectivity index (χ3n) is 4.27. The molecule has 120 valence electrons. The normalized spacial score (nSPS) is 23.4. The lowest BCUT2D eigenvalue weighted by Gasteiger charge is -2.30. The summed E-state index contributed by atoms with van der Waals surface area (Å²) in [4.78, 5) is 5.94. The Morgan fingerprint density at radius 3 is 2.67 bits per heavy atom. The number of hydrogen-bond donors (Lipinski definition) is 1. The van der Waals surface area contributed by atoms with E-state index in [9.17, 15) is 8.42 Å². The number of nitrogens with one attached hydrogen (secondary N) is 1. The second-order valence-electron chi connectivity index (χ2n) is 5.93. The topological polar surface area (TPSA) is 59.1 Å². The van der Waals surface area contributed by atoms with Gasteiger partial charge in [-0.3, -0.25) is 0 Å². The average Bonchev–Trinajstić information content (AvgIpc) is 2.78. The molecule has 6 heteroatoms. The fourth-order valence-corrected chi connectivity index (χ4v) is 5.58. The van der Waals surface area contributed by atoms with Gasteiger partial charge in [-0.2, -0.15) is 0 Å². The Morgan fingerprint density at radius 1 is 1.33 bits per heavy atom. The Balaban J connectivity index is 1.89.